The normalized spacial score (nSPS) is 11.0. The minimum atomic E-state index is -4.77. The first-order valence-corrected chi connectivity index (χ1v) is 13.1. The lowest BCUT2D eigenvalue weighted by atomic mass is 10.0. The maximum atomic E-state index is 13.6. The minimum Gasteiger partial charge on any atom is -0.507 e. The largest absolute Gasteiger partial charge is 0.507 e. The zero-order valence-electron chi connectivity index (χ0n) is 21.6. The van der Waals surface area contributed by atoms with E-state index in [2.05, 4.69) is 0 Å². The van der Waals surface area contributed by atoms with Gasteiger partial charge in [-0.05, 0) is 30.3 Å². The molecule has 0 spiro atoms. The van der Waals surface area contributed by atoms with Gasteiger partial charge in [0.05, 0.1) is 38.0 Å². The minimum absolute atomic E-state index is 0.133. The third-order valence-corrected chi connectivity index (χ3v) is 7.17. The third kappa shape index (κ3) is 5.54. The highest BCUT2D eigenvalue weighted by molar-refractivity contribution is 7.87. The van der Waals surface area contributed by atoms with Gasteiger partial charge in [0, 0.05) is 23.8 Å². The first kappa shape index (κ1) is 28.0. The van der Waals surface area contributed by atoms with Crippen LogP contribution in [-0.4, -0.2) is 51.5 Å². The number of phenols is 2. The molecule has 4 rings (SSSR count). The Balaban J connectivity index is 1.80. The van der Waals surface area contributed by atoms with Gasteiger partial charge in [0.25, 0.3) is 0 Å². The Labute approximate surface area is 230 Å². The first-order valence-electron chi connectivity index (χ1n) is 11.6. The van der Waals surface area contributed by atoms with Gasteiger partial charge in [-0.3, -0.25) is 9.59 Å². The molecule has 0 heterocycles. The topological polar surface area (TPSA) is 146 Å². The molecule has 10 nitrogen and oxygen atoms in total. The maximum Gasteiger partial charge on any atom is 0.342 e. The summed E-state index contributed by atoms with van der Waals surface area (Å²) in [5.41, 5.74) is -0.430. The van der Waals surface area contributed by atoms with E-state index in [0.717, 1.165) is 12.1 Å². The van der Waals surface area contributed by atoms with E-state index >= 15 is 0 Å². The molecule has 11 heteroatoms. The molecule has 0 aromatic heterocycles. The average Bonchev–Trinajstić information content (AvgIpc) is 2.96. The fourth-order valence-electron chi connectivity index (χ4n) is 3.86. The molecular formula is C29H24O10S. The van der Waals surface area contributed by atoms with Crippen LogP contribution in [0.5, 0.6) is 34.5 Å². The number of benzene rings is 4. The molecule has 0 aliphatic heterocycles. The molecule has 0 aliphatic carbocycles. The SMILES string of the molecule is COc1ccc(C(=O)c2ccc(OC)cc2OS(=O)(=O)c2cc(C(=O)c3ccccc3)c(O)cc2OC)c(O)c1. The maximum absolute atomic E-state index is 13.6. The molecule has 2 N–H and O–H groups in total. The fourth-order valence-corrected chi connectivity index (χ4v) is 4.97. The highest BCUT2D eigenvalue weighted by atomic mass is 32.2. The van der Waals surface area contributed by atoms with Gasteiger partial charge in [0.15, 0.2) is 11.5 Å². The standard InChI is InChI=1S/C29H24O10S/c1-36-18-9-11-20(23(30)13-18)29(33)21-12-10-19(37-2)14-25(21)39-40(34,35)27-15-22(24(31)16-26(27)38-3)28(32)17-7-5-4-6-8-17/h4-16,30-31H,1-3H3. The molecule has 0 saturated heterocycles. The van der Waals surface area contributed by atoms with Gasteiger partial charge in [-0.1, -0.05) is 30.3 Å². The van der Waals surface area contributed by atoms with E-state index in [1.807, 2.05) is 0 Å². The van der Waals surface area contributed by atoms with E-state index in [4.69, 9.17) is 18.4 Å². The van der Waals surface area contributed by atoms with Crippen LogP contribution in [0.3, 0.4) is 0 Å². The smallest absolute Gasteiger partial charge is 0.342 e. The van der Waals surface area contributed by atoms with Crippen molar-refractivity contribution in [2.75, 3.05) is 21.3 Å². The number of ketones is 2. The van der Waals surface area contributed by atoms with E-state index in [9.17, 15) is 28.2 Å². The first-order chi connectivity index (χ1) is 19.1. The van der Waals surface area contributed by atoms with Crippen molar-refractivity contribution < 1.29 is 46.6 Å². The Kier molecular flexibility index (Phi) is 7.96. The molecular weight excluding hydrogens is 540 g/mol. The average molecular weight is 565 g/mol. The van der Waals surface area contributed by atoms with Crippen LogP contribution in [0.4, 0.5) is 0 Å². The molecule has 0 radical (unpaired) electrons. The van der Waals surface area contributed by atoms with E-state index in [0.29, 0.717) is 5.75 Å². The van der Waals surface area contributed by atoms with Crippen LogP contribution >= 0.6 is 0 Å². The number of rotatable bonds is 10. The molecule has 4 aromatic carbocycles. The van der Waals surface area contributed by atoms with Crippen molar-refractivity contribution in [1.29, 1.82) is 0 Å². The molecule has 0 atom stereocenters. The number of ether oxygens (including phenoxy) is 3. The number of phenolic OH excluding ortho intramolecular Hbond substituents is 2. The highest BCUT2D eigenvalue weighted by Crippen LogP contribution is 2.37. The molecule has 206 valence electrons. The number of carbonyl (C=O) groups excluding carboxylic acids is 2. The molecule has 0 saturated carbocycles. The summed E-state index contributed by atoms with van der Waals surface area (Å²) in [6.07, 6.45) is 0. The summed E-state index contributed by atoms with van der Waals surface area (Å²) in [5, 5.41) is 20.8. The third-order valence-electron chi connectivity index (χ3n) is 5.91. The molecule has 4 aromatic rings. The van der Waals surface area contributed by atoms with Crippen molar-refractivity contribution in [2.24, 2.45) is 0 Å². The second kappa shape index (κ2) is 11.4. The predicted molar refractivity (Wildman–Crippen MR) is 143 cm³/mol. The van der Waals surface area contributed by atoms with Gasteiger partial charge in [-0.15, -0.1) is 0 Å². The van der Waals surface area contributed by atoms with Crippen molar-refractivity contribution in [3.63, 3.8) is 0 Å². The van der Waals surface area contributed by atoms with E-state index in [1.54, 1.807) is 18.2 Å². The van der Waals surface area contributed by atoms with Crippen LogP contribution < -0.4 is 18.4 Å². The van der Waals surface area contributed by atoms with Gasteiger partial charge in [-0.2, -0.15) is 8.42 Å². The quantitative estimate of drug-likeness (QED) is 0.211. The van der Waals surface area contributed by atoms with Crippen molar-refractivity contribution in [2.45, 2.75) is 4.90 Å². The van der Waals surface area contributed by atoms with E-state index in [1.165, 1.54) is 69.9 Å². The summed E-state index contributed by atoms with van der Waals surface area (Å²) in [5.74, 6) is -2.50. The lowest BCUT2D eigenvalue weighted by Crippen LogP contribution is -2.15. The molecule has 0 amide bonds. The Morgan fingerprint density at radius 2 is 1.23 bits per heavy atom. The second-order valence-corrected chi connectivity index (χ2v) is 9.84. The molecule has 0 unspecified atom stereocenters. The zero-order chi connectivity index (χ0) is 29.0. The molecule has 0 bridgehead atoms. The van der Waals surface area contributed by atoms with Crippen LogP contribution in [-0.2, 0) is 10.1 Å². The highest BCUT2D eigenvalue weighted by Gasteiger charge is 2.29. The molecule has 0 aliphatic rings. The van der Waals surface area contributed by atoms with Crippen LogP contribution in [0.2, 0.25) is 0 Å². The summed E-state index contributed by atoms with van der Waals surface area (Å²) < 4.78 is 47.9. The zero-order valence-corrected chi connectivity index (χ0v) is 22.4. The summed E-state index contributed by atoms with van der Waals surface area (Å²) in [6.45, 7) is 0. The lowest BCUT2D eigenvalue weighted by molar-refractivity contribution is 0.102. The second-order valence-electron chi connectivity index (χ2n) is 8.33. The van der Waals surface area contributed by atoms with E-state index < -0.39 is 43.8 Å². The summed E-state index contributed by atoms with van der Waals surface area (Å²) in [4.78, 5) is 25.8. The Morgan fingerprint density at radius 1 is 0.625 bits per heavy atom. The van der Waals surface area contributed by atoms with Crippen molar-refractivity contribution >= 4 is 21.7 Å². The summed E-state index contributed by atoms with van der Waals surface area (Å²) >= 11 is 0. The van der Waals surface area contributed by atoms with Crippen LogP contribution in [0.25, 0.3) is 0 Å². The Hall–Kier alpha value is -5.03. The van der Waals surface area contributed by atoms with Gasteiger partial charge in [-0.25, -0.2) is 0 Å². The number of methoxy groups -OCH3 is 3. The predicted octanol–water partition coefficient (Wildman–Crippen LogP) is 4.35. The summed E-state index contributed by atoms with van der Waals surface area (Å²) in [7, 11) is -0.856. The van der Waals surface area contributed by atoms with Gasteiger partial charge < -0.3 is 28.6 Å². The van der Waals surface area contributed by atoms with Crippen molar-refractivity contribution in [1.82, 2.24) is 0 Å². The van der Waals surface area contributed by atoms with Gasteiger partial charge in [0.1, 0.15) is 33.6 Å². The van der Waals surface area contributed by atoms with Crippen LogP contribution in [0, 0.1) is 0 Å². The fraction of sp³-hybridized carbons (Fsp3) is 0.103. The molecule has 40 heavy (non-hydrogen) atoms. The van der Waals surface area contributed by atoms with Crippen molar-refractivity contribution in [3.05, 3.63) is 101 Å². The van der Waals surface area contributed by atoms with Gasteiger partial charge in [0.2, 0.25) is 5.78 Å². The monoisotopic (exact) mass is 564 g/mol. The Bertz CT molecular complexity index is 1700. The van der Waals surface area contributed by atoms with Gasteiger partial charge >= 0.3 is 10.1 Å². The molecule has 0 fully saturated rings. The van der Waals surface area contributed by atoms with Crippen LogP contribution in [0.1, 0.15) is 31.8 Å². The number of aromatic hydroxyl groups is 2. The van der Waals surface area contributed by atoms with Crippen molar-refractivity contribution in [3.8, 4) is 34.5 Å². The van der Waals surface area contributed by atoms with Crippen LogP contribution in [0.15, 0.2) is 83.8 Å². The lowest BCUT2D eigenvalue weighted by Gasteiger charge is -2.16. The number of hydrogen-bond donors (Lipinski definition) is 2. The summed E-state index contributed by atoms with van der Waals surface area (Å²) in [6, 6.07) is 17.8. The Morgan fingerprint density at radius 3 is 1.82 bits per heavy atom. The number of carbonyl (C=O) groups is 2. The van der Waals surface area contributed by atoms with E-state index in [-0.39, 0.29) is 33.8 Å². The number of hydrogen-bond acceptors (Lipinski definition) is 10.